The lowest BCUT2D eigenvalue weighted by atomic mass is 10.0. The molecular formula is C14H17N5O3S. The molecule has 122 valence electrons. The number of anilines is 1. The van der Waals surface area contributed by atoms with E-state index in [0.717, 1.165) is 35.1 Å². The predicted molar refractivity (Wildman–Crippen MR) is 83.3 cm³/mol. The number of aromatic nitrogens is 3. The fourth-order valence-corrected chi connectivity index (χ4v) is 3.44. The molecule has 0 aliphatic carbocycles. The second kappa shape index (κ2) is 6.09. The third-order valence-electron chi connectivity index (χ3n) is 3.68. The molecule has 2 aromatic rings. The smallest absolute Gasteiger partial charge is 0.262 e. The Morgan fingerprint density at radius 3 is 2.87 bits per heavy atom. The Bertz CT molecular complexity index is 830. The van der Waals surface area contributed by atoms with Gasteiger partial charge >= 0.3 is 0 Å². The molecule has 3 rings (SSSR count). The SMILES string of the molecule is Cn1ncc(S(=O)(=O)NCC(=O)N2CCCc3ccccc32)n1. The van der Waals surface area contributed by atoms with Crippen molar-refractivity contribution in [1.82, 2.24) is 19.7 Å². The van der Waals surface area contributed by atoms with Gasteiger partial charge < -0.3 is 4.90 Å². The highest BCUT2D eigenvalue weighted by Crippen LogP contribution is 2.26. The molecule has 0 saturated carbocycles. The molecule has 1 aromatic carbocycles. The van der Waals surface area contributed by atoms with Gasteiger partial charge in [-0.15, -0.1) is 5.10 Å². The molecule has 0 fully saturated rings. The number of para-hydroxylation sites is 1. The number of amides is 1. The average molecular weight is 335 g/mol. The summed E-state index contributed by atoms with van der Waals surface area (Å²) in [4.78, 5) is 15.2. The van der Waals surface area contributed by atoms with Gasteiger partial charge in [-0.2, -0.15) is 9.90 Å². The molecule has 0 unspecified atom stereocenters. The van der Waals surface area contributed by atoms with Crippen LogP contribution in [-0.4, -0.2) is 42.4 Å². The molecule has 0 spiro atoms. The fraction of sp³-hybridized carbons (Fsp3) is 0.357. The molecule has 1 aliphatic heterocycles. The maximum atomic E-state index is 12.4. The molecular weight excluding hydrogens is 318 g/mol. The second-order valence-corrected chi connectivity index (χ2v) is 6.99. The van der Waals surface area contributed by atoms with Gasteiger partial charge in [-0.25, -0.2) is 13.1 Å². The Kier molecular flexibility index (Phi) is 4.14. The number of aryl methyl sites for hydroxylation is 2. The first-order chi connectivity index (χ1) is 11.0. The highest BCUT2D eigenvalue weighted by atomic mass is 32.2. The monoisotopic (exact) mass is 335 g/mol. The lowest BCUT2D eigenvalue weighted by Gasteiger charge is -2.29. The van der Waals surface area contributed by atoms with E-state index in [1.54, 1.807) is 4.90 Å². The Morgan fingerprint density at radius 2 is 2.13 bits per heavy atom. The molecule has 0 saturated heterocycles. The van der Waals surface area contributed by atoms with Gasteiger partial charge in [0.15, 0.2) is 0 Å². The molecule has 8 nitrogen and oxygen atoms in total. The molecule has 1 N–H and O–H groups in total. The first kappa shape index (κ1) is 15.6. The van der Waals surface area contributed by atoms with E-state index in [1.807, 2.05) is 24.3 Å². The van der Waals surface area contributed by atoms with Crippen LogP contribution in [0, 0.1) is 0 Å². The first-order valence-electron chi connectivity index (χ1n) is 7.21. The van der Waals surface area contributed by atoms with E-state index in [0.29, 0.717) is 6.54 Å². The van der Waals surface area contributed by atoms with Crippen LogP contribution in [-0.2, 0) is 28.3 Å². The standard InChI is InChI=1S/C14H17N5O3S/c1-18-15-9-13(17-18)23(21,22)16-10-14(20)19-8-4-6-11-5-2-3-7-12(11)19/h2-3,5,7,9,16H,4,6,8,10H2,1H3. The highest BCUT2D eigenvalue weighted by molar-refractivity contribution is 7.89. The summed E-state index contributed by atoms with van der Waals surface area (Å²) in [5, 5.41) is 7.26. The molecule has 23 heavy (non-hydrogen) atoms. The Morgan fingerprint density at radius 1 is 1.35 bits per heavy atom. The van der Waals surface area contributed by atoms with Gasteiger partial charge in [0.05, 0.1) is 12.7 Å². The van der Waals surface area contributed by atoms with Crippen LogP contribution in [0.5, 0.6) is 0 Å². The Labute approximate surface area is 134 Å². The number of nitrogens with one attached hydrogen (secondary N) is 1. The maximum absolute atomic E-state index is 12.4. The highest BCUT2D eigenvalue weighted by Gasteiger charge is 2.25. The van der Waals surface area contributed by atoms with E-state index >= 15 is 0 Å². The van der Waals surface area contributed by atoms with Crippen molar-refractivity contribution in [2.75, 3.05) is 18.0 Å². The van der Waals surface area contributed by atoms with Gasteiger partial charge in [0.25, 0.3) is 10.0 Å². The quantitative estimate of drug-likeness (QED) is 0.853. The molecule has 1 amide bonds. The Balaban J connectivity index is 1.71. The lowest BCUT2D eigenvalue weighted by molar-refractivity contribution is -0.117. The van der Waals surface area contributed by atoms with Gasteiger partial charge in [-0.3, -0.25) is 4.79 Å². The van der Waals surface area contributed by atoms with Crippen LogP contribution in [0.1, 0.15) is 12.0 Å². The van der Waals surface area contributed by atoms with Gasteiger partial charge in [-0.05, 0) is 24.5 Å². The number of carbonyl (C=O) groups excluding carboxylic acids is 1. The minimum absolute atomic E-state index is 0.202. The van der Waals surface area contributed by atoms with Crippen molar-refractivity contribution in [2.24, 2.45) is 7.05 Å². The molecule has 1 aliphatic rings. The van der Waals surface area contributed by atoms with Crippen LogP contribution < -0.4 is 9.62 Å². The first-order valence-corrected chi connectivity index (χ1v) is 8.70. The van der Waals surface area contributed by atoms with Crippen LogP contribution in [0.25, 0.3) is 0 Å². The molecule has 0 atom stereocenters. The minimum atomic E-state index is -3.84. The number of carbonyl (C=O) groups is 1. The summed E-state index contributed by atoms with van der Waals surface area (Å²) < 4.78 is 26.4. The topological polar surface area (TPSA) is 97.2 Å². The summed E-state index contributed by atoms with van der Waals surface area (Å²) in [6.45, 7) is 0.274. The van der Waals surface area contributed by atoms with E-state index in [9.17, 15) is 13.2 Å². The molecule has 2 heterocycles. The molecule has 0 bridgehead atoms. The normalized spacial score (nSPS) is 14.6. The van der Waals surface area contributed by atoms with E-state index in [1.165, 1.54) is 7.05 Å². The van der Waals surface area contributed by atoms with Gasteiger partial charge in [0.2, 0.25) is 10.9 Å². The van der Waals surface area contributed by atoms with Crippen LogP contribution in [0.3, 0.4) is 0 Å². The van der Waals surface area contributed by atoms with Gasteiger partial charge in [0.1, 0.15) is 0 Å². The summed E-state index contributed by atoms with van der Waals surface area (Å²) in [6.07, 6.45) is 2.92. The number of rotatable bonds is 4. The number of benzene rings is 1. The fourth-order valence-electron chi connectivity index (χ4n) is 2.57. The van der Waals surface area contributed by atoms with Crippen LogP contribution in [0.4, 0.5) is 5.69 Å². The largest absolute Gasteiger partial charge is 0.311 e. The zero-order valence-corrected chi connectivity index (χ0v) is 13.5. The number of sulfonamides is 1. The van der Waals surface area contributed by atoms with Crippen molar-refractivity contribution in [3.05, 3.63) is 36.0 Å². The summed E-state index contributed by atoms with van der Waals surface area (Å²) in [5.74, 6) is -0.287. The zero-order chi connectivity index (χ0) is 16.4. The molecule has 0 radical (unpaired) electrons. The minimum Gasteiger partial charge on any atom is -0.311 e. The summed E-state index contributed by atoms with van der Waals surface area (Å²) in [6, 6.07) is 7.67. The lowest BCUT2D eigenvalue weighted by Crippen LogP contribution is -2.42. The Hall–Kier alpha value is -2.26. The zero-order valence-electron chi connectivity index (χ0n) is 12.6. The van der Waals surface area contributed by atoms with Crippen LogP contribution in [0.2, 0.25) is 0 Å². The van der Waals surface area contributed by atoms with Crippen molar-refractivity contribution in [2.45, 2.75) is 17.9 Å². The number of hydrogen-bond donors (Lipinski definition) is 1. The third kappa shape index (κ3) is 3.25. The summed E-state index contributed by atoms with van der Waals surface area (Å²) >= 11 is 0. The number of nitrogens with zero attached hydrogens (tertiary/aromatic N) is 4. The summed E-state index contributed by atoms with van der Waals surface area (Å²) in [5.41, 5.74) is 1.95. The predicted octanol–water partition coefficient (Wildman–Crippen LogP) is 0.0728. The van der Waals surface area contributed by atoms with Crippen molar-refractivity contribution in [3.8, 4) is 0 Å². The van der Waals surface area contributed by atoms with E-state index in [2.05, 4.69) is 14.9 Å². The maximum Gasteiger partial charge on any atom is 0.262 e. The van der Waals surface area contributed by atoms with E-state index in [4.69, 9.17) is 0 Å². The second-order valence-electron chi connectivity index (χ2n) is 5.27. The number of fused-ring (bicyclic) bond motifs is 1. The van der Waals surface area contributed by atoms with Crippen molar-refractivity contribution in [3.63, 3.8) is 0 Å². The molecule has 1 aromatic heterocycles. The average Bonchev–Trinajstić information content (AvgIpc) is 2.99. The molecule has 9 heteroatoms. The van der Waals surface area contributed by atoms with Crippen molar-refractivity contribution in [1.29, 1.82) is 0 Å². The summed E-state index contributed by atoms with van der Waals surface area (Å²) in [7, 11) is -2.32. The van der Waals surface area contributed by atoms with Gasteiger partial charge in [0, 0.05) is 19.3 Å². The van der Waals surface area contributed by atoms with Crippen molar-refractivity contribution < 1.29 is 13.2 Å². The van der Waals surface area contributed by atoms with Crippen LogP contribution >= 0.6 is 0 Å². The van der Waals surface area contributed by atoms with Gasteiger partial charge in [-0.1, -0.05) is 18.2 Å². The van der Waals surface area contributed by atoms with E-state index in [-0.39, 0.29) is 17.5 Å². The van der Waals surface area contributed by atoms with E-state index < -0.39 is 10.0 Å². The third-order valence-corrected chi connectivity index (χ3v) is 4.94. The van der Waals surface area contributed by atoms with Crippen LogP contribution in [0.15, 0.2) is 35.5 Å². The van der Waals surface area contributed by atoms with Crippen molar-refractivity contribution >= 4 is 21.6 Å². The number of hydrogen-bond acceptors (Lipinski definition) is 5.